The first-order valence-electron chi connectivity index (χ1n) is 9.62. The summed E-state index contributed by atoms with van der Waals surface area (Å²) in [6, 6.07) is 20.0. The van der Waals surface area contributed by atoms with E-state index >= 15 is 0 Å². The highest BCUT2D eigenvalue weighted by Crippen LogP contribution is 2.33. The quantitative estimate of drug-likeness (QED) is 0.337. The summed E-state index contributed by atoms with van der Waals surface area (Å²) < 4.78 is 5.68. The Hall–Kier alpha value is -3.03. The average Bonchev–Trinajstić information content (AvgIpc) is 3.52. The number of aromatic amines is 1. The SMILES string of the molecule is O=C(CSc1nc2ccccc2o1)NC[C@@H](c1cccs1)c1c[nH]c2ccccc12. The molecule has 30 heavy (non-hydrogen) atoms. The molecule has 3 heterocycles. The van der Waals surface area contributed by atoms with E-state index in [-0.39, 0.29) is 17.6 Å². The molecule has 150 valence electrons. The Kier molecular flexibility index (Phi) is 5.29. The predicted molar refractivity (Wildman–Crippen MR) is 122 cm³/mol. The van der Waals surface area contributed by atoms with Crippen molar-refractivity contribution in [3.63, 3.8) is 0 Å². The third-order valence-corrected chi connectivity index (χ3v) is 6.80. The van der Waals surface area contributed by atoms with Crippen molar-refractivity contribution in [2.75, 3.05) is 12.3 Å². The summed E-state index contributed by atoms with van der Waals surface area (Å²) in [7, 11) is 0. The minimum Gasteiger partial charge on any atom is -0.431 e. The molecule has 0 aliphatic carbocycles. The van der Waals surface area contributed by atoms with Crippen LogP contribution in [-0.4, -0.2) is 28.2 Å². The number of carbonyl (C=O) groups excluding carboxylic acids is 1. The van der Waals surface area contributed by atoms with Gasteiger partial charge in [-0.1, -0.05) is 48.2 Å². The number of thioether (sulfide) groups is 1. The fraction of sp³-hybridized carbons (Fsp3) is 0.130. The zero-order valence-electron chi connectivity index (χ0n) is 16.0. The number of thiophene rings is 1. The van der Waals surface area contributed by atoms with E-state index in [1.807, 2.05) is 48.7 Å². The molecule has 0 aliphatic heterocycles. The molecule has 0 saturated carbocycles. The van der Waals surface area contributed by atoms with Gasteiger partial charge in [-0.15, -0.1) is 11.3 Å². The summed E-state index contributed by atoms with van der Waals surface area (Å²) in [5.41, 5.74) is 3.84. The number of H-pyrrole nitrogens is 1. The minimum absolute atomic E-state index is 0.0383. The third-order valence-electron chi connectivity index (χ3n) is 4.99. The van der Waals surface area contributed by atoms with Crippen LogP contribution in [0.25, 0.3) is 22.0 Å². The highest BCUT2D eigenvalue weighted by Gasteiger charge is 2.20. The van der Waals surface area contributed by atoms with Crippen LogP contribution in [-0.2, 0) is 4.79 Å². The van der Waals surface area contributed by atoms with Gasteiger partial charge in [0.15, 0.2) is 5.58 Å². The van der Waals surface area contributed by atoms with Crippen molar-refractivity contribution in [3.05, 3.63) is 82.7 Å². The van der Waals surface area contributed by atoms with E-state index in [0.717, 1.165) is 16.6 Å². The van der Waals surface area contributed by atoms with Crippen molar-refractivity contribution in [1.82, 2.24) is 15.3 Å². The normalized spacial score (nSPS) is 12.4. The summed E-state index contributed by atoms with van der Waals surface area (Å²) in [5, 5.41) is 6.86. The zero-order chi connectivity index (χ0) is 20.3. The Morgan fingerprint density at radius 2 is 2.00 bits per heavy atom. The van der Waals surface area contributed by atoms with Crippen molar-refractivity contribution in [1.29, 1.82) is 0 Å². The van der Waals surface area contributed by atoms with Crippen molar-refractivity contribution >= 4 is 51.0 Å². The van der Waals surface area contributed by atoms with E-state index in [1.165, 1.54) is 27.6 Å². The molecule has 0 radical (unpaired) electrons. The molecule has 5 aromatic rings. The maximum Gasteiger partial charge on any atom is 0.257 e. The molecule has 7 heteroatoms. The number of para-hydroxylation sites is 3. The highest BCUT2D eigenvalue weighted by atomic mass is 32.2. The van der Waals surface area contributed by atoms with Crippen LogP contribution in [0.15, 0.2) is 81.9 Å². The molecular weight excluding hydrogens is 414 g/mol. The number of fused-ring (bicyclic) bond motifs is 2. The molecule has 1 amide bonds. The van der Waals surface area contributed by atoms with Gasteiger partial charge in [0, 0.05) is 34.4 Å². The van der Waals surface area contributed by atoms with Crippen LogP contribution in [0.2, 0.25) is 0 Å². The summed E-state index contributed by atoms with van der Waals surface area (Å²) >= 11 is 3.02. The highest BCUT2D eigenvalue weighted by molar-refractivity contribution is 7.99. The van der Waals surface area contributed by atoms with Crippen LogP contribution in [0.4, 0.5) is 0 Å². The zero-order valence-corrected chi connectivity index (χ0v) is 17.6. The van der Waals surface area contributed by atoms with E-state index in [1.54, 1.807) is 11.3 Å². The number of benzene rings is 2. The number of amides is 1. The van der Waals surface area contributed by atoms with E-state index in [0.29, 0.717) is 11.8 Å². The molecule has 0 spiro atoms. The van der Waals surface area contributed by atoms with Crippen molar-refractivity contribution in [2.45, 2.75) is 11.1 Å². The third kappa shape index (κ3) is 3.86. The topological polar surface area (TPSA) is 70.9 Å². The number of oxazole rings is 1. The number of nitrogens with zero attached hydrogens (tertiary/aromatic N) is 1. The molecule has 2 aromatic carbocycles. The van der Waals surface area contributed by atoms with Gasteiger partial charge in [-0.25, -0.2) is 4.98 Å². The number of hydrogen-bond acceptors (Lipinski definition) is 5. The Balaban J connectivity index is 1.28. The van der Waals surface area contributed by atoms with Gasteiger partial charge in [-0.2, -0.15) is 0 Å². The lowest BCUT2D eigenvalue weighted by Crippen LogP contribution is -2.30. The standard InChI is InChI=1S/C23H19N3O2S2/c27-22(14-30-23-26-19-8-3-4-9-20(19)28-23)25-13-17(21-10-5-11-29-21)16-12-24-18-7-2-1-6-15(16)18/h1-12,17,24H,13-14H2,(H,25,27)/t17-/m1/s1. The van der Waals surface area contributed by atoms with Crippen LogP contribution in [0.1, 0.15) is 16.4 Å². The van der Waals surface area contributed by atoms with Gasteiger partial charge in [0.1, 0.15) is 5.52 Å². The summed E-state index contributed by atoms with van der Waals surface area (Å²) in [6.07, 6.45) is 2.05. The number of carbonyl (C=O) groups is 1. The number of aromatic nitrogens is 2. The van der Waals surface area contributed by atoms with Crippen LogP contribution >= 0.6 is 23.1 Å². The lowest BCUT2D eigenvalue weighted by Gasteiger charge is -2.16. The first kappa shape index (κ1) is 19.0. The van der Waals surface area contributed by atoms with Crippen LogP contribution in [0.3, 0.4) is 0 Å². The van der Waals surface area contributed by atoms with Crippen molar-refractivity contribution in [3.8, 4) is 0 Å². The predicted octanol–water partition coefficient (Wildman–Crippen LogP) is 5.41. The molecule has 0 bridgehead atoms. The molecule has 0 saturated heterocycles. The fourth-order valence-electron chi connectivity index (χ4n) is 3.54. The first-order valence-corrected chi connectivity index (χ1v) is 11.5. The summed E-state index contributed by atoms with van der Waals surface area (Å²) in [6.45, 7) is 0.537. The Morgan fingerprint density at radius 1 is 1.13 bits per heavy atom. The molecule has 0 unspecified atom stereocenters. The van der Waals surface area contributed by atoms with Gasteiger partial charge in [0.25, 0.3) is 5.22 Å². The second-order valence-corrected chi connectivity index (χ2v) is 8.80. The molecule has 2 N–H and O–H groups in total. The largest absolute Gasteiger partial charge is 0.431 e. The Morgan fingerprint density at radius 3 is 2.87 bits per heavy atom. The van der Waals surface area contributed by atoms with Crippen LogP contribution in [0, 0.1) is 0 Å². The summed E-state index contributed by atoms with van der Waals surface area (Å²) in [5.74, 6) is 0.320. The maximum atomic E-state index is 12.5. The monoisotopic (exact) mass is 433 g/mol. The van der Waals surface area contributed by atoms with E-state index in [2.05, 4.69) is 38.9 Å². The van der Waals surface area contributed by atoms with Gasteiger partial charge in [0.05, 0.1) is 5.75 Å². The molecule has 3 aromatic heterocycles. The number of nitrogens with one attached hydrogen (secondary N) is 2. The number of hydrogen-bond donors (Lipinski definition) is 2. The average molecular weight is 434 g/mol. The smallest absolute Gasteiger partial charge is 0.257 e. The Bertz CT molecular complexity index is 1260. The van der Waals surface area contributed by atoms with Gasteiger partial charge in [-0.3, -0.25) is 4.79 Å². The Labute approximate surface area is 181 Å². The first-order chi connectivity index (χ1) is 14.8. The van der Waals surface area contributed by atoms with Crippen LogP contribution < -0.4 is 5.32 Å². The molecule has 1 atom stereocenters. The molecule has 0 aliphatic rings. The molecular formula is C23H19N3O2S2. The van der Waals surface area contributed by atoms with Gasteiger partial charge in [0.2, 0.25) is 5.91 Å². The van der Waals surface area contributed by atoms with Gasteiger partial charge < -0.3 is 14.7 Å². The van der Waals surface area contributed by atoms with E-state index in [4.69, 9.17) is 4.42 Å². The van der Waals surface area contributed by atoms with Gasteiger partial charge in [-0.05, 0) is 35.2 Å². The van der Waals surface area contributed by atoms with Crippen molar-refractivity contribution in [2.24, 2.45) is 0 Å². The lowest BCUT2D eigenvalue weighted by molar-refractivity contribution is -0.118. The van der Waals surface area contributed by atoms with Crippen LogP contribution in [0.5, 0.6) is 0 Å². The molecule has 5 rings (SSSR count). The molecule has 0 fully saturated rings. The maximum absolute atomic E-state index is 12.5. The lowest BCUT2D eigenvalue weighted by atomic mass is 9.96. The fourth-order valence-corrected chi connectivity index (χ4v) is 5.06. The second kappa shape index (κ2) is 8.38. The van der Waals surface area contributed by atoms with Crippen molar-refractivity contribution < 1.29 is 9.21 Å². The number of rotatable bonds is 7. The van der Waals surface area contributed by atoms with E-state index in [9.17, 15) is 4.79 Å². The minimum atomic E-state index is -0.0383. The van der Waals surface area contributed by atoms with Gasteiger partial charge >= 0.3 is 0 Å². The van der Waals surface area contributed by atoms with E-state index < -0.39 is 0 Å². The second-order valence-electron chi connectivity index (χ2n) is 6.90. The molecule has 5 nitrogen and oxygen atoms in total. The summed E-state index contributed by atoms with van der Waals surface area (Å²) in [4.78, 5) is 21.5.